The lowest BCUT2D eigenvalue weighted by molar-refractivity contribution is 0.460. The minimum absolute atomic E-state index is 0.125. The Morgan fingerprint density at radius 3 is 2.76 bits per heavy atom. The second kappa shape index (κ2) is 6.59. The molecule has 0 atom stereocenters. The second-order valence-electron chi connectivity index (χ2n) is 4.38. The number of hydrogen-bond donors (Lipinski definition) is 2. The van der Waals surface area contributed by atoms with Gasteiger partial charge in [0.1, 0.15) is 22.2 Å². The molecule has 8 heteroatoms. The Kier molecular flexibility index (Phi) is 5.02. The van der Waals surface area contributed by atoms with Crippen molar-refractivity contribution in [2.75, 3.05) is 11.3 Å². The van der Waals surface area contributed by atoms with Gasteiger partial charge in [0.25, 0.3) is 10.0 Å². The minimum Gasteiger partial charge on any atom is -0.464 e. The van der Waals surface area contributed by atoms with E-state index in [-0.39, 0.29) is 10.7 Å². The van der Waals surface area contributed by atoms with Gasteiger partial charge >= 0.3 is 0 Å². The summed E-state index contributed by atoms with van der Waals surface area (Å²) in [6.07, 6.45) is 1.52. The Hall–Kier alpha value is -1.38. The van der Waals surface area contributed by atoms with Crippen molar-refractivity contribution in [3.63, 3.8) is 0 Å². The maximum absolute atomic E-state index is 12.4. The maximum Gasteiger partial charge on any atom is 0.266 e. The van der Waals surface area contributed by atoms with Crippen LogP contribution in [-0.2, 0) is 16.6 Å². The van der Waals surface area contributed by atoms with E-state index < -0.39 is 10.0 Å². The van der Waals surface area contributed by atoms with E-state index in [1.807, 2.05) is 6.92 Å². The summed E-state index contributed by atoms with van der Waals surface area (Å²) >= 11 is 3.25. The monoisotopic (exact) mass is 373 g/mol. The number of sulfonamides is 1. The lowest BCUT2D eigenvalue weighted by Crippen LogP contribution is -2.14. The summed E-state index contributed by atoms with van der Waals surface area (Å²) in [5, 5.41) is 3.09. The van der Waals surface area contributed by atoms with Crippen LogP contribution in [0.1, 0.15) is 18.4 Å². The normalized spacial score (nSPS) is 11.6. The molecule has 2 aromatic rings. The molecule has 0 bridgehead atoms. The van der Waals surface area contributed by atoms with Gasteiger partial charge in [-0.05, 0) is 41.5 Å². The number of halogens is 1. The highest BCUT2D eigenvalue weighted by atomic mass is 79.9. The van der Waals surface area contributed by atoms with E-state index in [0.29, 0.717) is 18.1 Å². The highest BCUT2D eigenvalue weighted by molar-refractivity contribution is 9.10. The zero-order valence-corrected chi connectivity index (χ0v) is 14.1. The topological polar surface area (TPSA) is 84.2 Å². The van der Waals surface area contributed by atoms with Crippen molar-refractivity contribution in [3.8, 4) is 0 Å². The molecular formula is C13H16BrN3O3S. The molecule has 0 saturated heterocycles. The first-order valence-corrected chi connectivity index (χ1v) is 8.64. The van der Waals surface area contributed by atoms with Gasteiger partial charge in [0.2, 0.25) is 0 Å². The summed E-state index contributed by atoms with van der Waals surface area (Å²) in [6, 6.07) is 4.82. The zero-order valence-electron chi connectivity index (χ0n) is 11.7. The van der Waals surface area contributed by atoms with Gasteiger partial charge in [-0.3, -0.25) is 4.72 Å². The van der Waals surface area contributed by atoms with E-state index in [0.717, 1.165) is 11.0 Å². The van der Waals surface area contributed by atoms with Gasteiger partial charge in [0.05, 0.1) is 6.54 Å². The largest absolute Gasteiger partial charge is 0.464 e. The predicted molar refractivity (Wildman–Crippen MR) is 83.6 cm³/mol. The summed E-state index contributed by atoms with van der Waals surface area (Å²) in [7, 11) is -3.71. The highest BCUT2D eigenvalue weighted by Gasteiger charge is 2.21. The number of pyridine rings is 1. The summed E-state index contributed by atoms with van der Waals surface area (Å²) in [5.41, 5.74) is 0. The van der Waals surface area contributed by atoms with Gasteiger partial charge in [-0.1, -0.05) is 6.92 Å². The van der Waals surface area contributed by atoms with Crippen LogP contribution in [0.4, 0.5) is 5.82 Å². The molecule has 2 heterocycles. The number of furan rings is 1. The standard InChI is InChI=1S/C13H16BrN3O3S/c1-3-15-8-11-6-12(9(2)20-11)21(18,19)17-13-5-4-10(14)7-16-13/h4-7,15H,3,8H2,1-2H3,(H,16,17). The molecule has 21 heavy (non-hydrogen) atoms. The molecule has 0 saturated carbocycles. The summed E-state index contributed by atoms with van der Waals surface area (Å²) in [6.45, 7) is 4.86. The third kappa shape index (κ3) is 4.05. The molecule has 0 radical (unpaired) electrons. The Balaban J connectivity index is 2.22. The first-order valence-electron chi connectivity index (χ1n) is 6.37. The van der Waals surface area contributed by atoms with Crippen molar-refractivity contribution in [1.29, 1.82) is 0 Å². The van der Waals surface area contributed by atoms with Crippen molar-refractivity contribution < 1.29 is 12.8 Å². The number of hydrogen-bond acceptors (Lipinski definition) is 5. The van der Waals surface area contributed by atoms with Gasteiger partial charge < -0.3 is 9.73 Å². The van der Waals surface area contributed by atoms with Gasteiger partial charge in [0.15, 0.2) is 0 Å². The van der Waals surface area contributed by atoms with Crippen LogP contribution in [-0.4, -0.2) is 19.9 Å². The minimum atomic E-state index is -3.71. The molecule has 2 rings (SSSR count). The van der Waals surface area contributed by atoms with Crippen LogP contribution in [0.2, 0.25) is 0 Å². The van der Waals surface area contributed by atoms with Crippen LogP contribution in [0, 0.1) is 6.92 Å². The van der Waals surface area contributed by atoms with Crippen LogP contribution in [0.25, 0.3) is 0 Å². The lowest BCUT2D eigenvalue weighted by Gasteiger charge is -2.05. The van der Waals surface area contributed by atoms with Crippen LogP contribution in [0.3, 0.4) is 0 Å². The average molecular weight is 374 g/mol. The third-order valence-corrected chi connectivity index (χ3v) is 4.66. The first-order chi connectivity index (χ1) is 9.92. The van der Waals surface area contributed by atoms with E-state index in [9.17, 15) is 8.42 Å². The third-order valence-electron chi connectivity index (χ3n) is 2.73. The lowest BCUT2D eigenvalue weighted by atomic mass is 10.4. The van der Waals surface area contributed by atoms with E-state index in [1.54, 1.807) is 19.1 Å². The molecule has 2 aromatic heterocycles. The summed E-state index contributed by atoms with van der Waals surface area (Å²) in [5.74, 6) is 1.19. The Bertz CT molecular complexity index is 711. The quantitative estimate of drug-likeness (QED) is 0.812. The van der Waals surface area contributed by atoms with E-state index in [2.05, 4.69) is 31.0 Å². The highest BCUT2D eigenvalue weighted by Crippen LogP contribution is 2.22. The van der Waals surface area contributed by atoms with Crippen molar-refractivity contribution in [3.05, 3.63) is 40.4 Å². The summed E-state index contributed by atoms with van der Waals surface area (Å²) in [4.78, 5) is 4.12. The van der Waals surface area contributed by atoms with Crippen molar-refractivity contribution in [1.82, 2.24) is 10.3 Å². The molecule has 0 aliphatic carbocycles. The molecule has 0 aliphatic rings. The number of nitrogens with zero attached hydrogens (tertiary/aromatic N) is 1. The fourth-order valence-corrected chi connectivity index (χ4v) is 3.20. The van der Waals surface area contributed by atoms with Gasteiger partial charge in [-0.25, -0.2) is 13.4 Å². The van der Waals surface area contributed by atoms with Gasteiger partial charge in [-0.15, -0.1) is 0 Å². The molecule has 0 amide bonds. The van der Waals surface area contributed by atoms with Crippen molar-refractivity contribution >= 4 is 31.8 Å². The fraction of sp³-hybridized carbons (Fsp3) is 0.308. The Morgan fingerprint density at radius 1 is 1.38 bits per heavy atom. The smallest absolute Gasteiger partial charge is 0.266 e. The number of aryl methyl sites for hydroxylation is 1. The first kappa shape index (κ1) is 16.0. The number of anilines is 1. The molecule has 0 aliphatic heterocycles. The van der Waals surface area contributed by atoms with Crippen LogP contribution >= 0.6 is 15.9 Å². The SMILES string of the molecule is CCNCc1cc(S(=O)(=O)Nc2ccc(Br)cn2)c(C)o1. The molecule has 0 unspecified atom stereocenters. The number of aromatic nitrogens is 1. The van der Waals surface area contributed by atoms with Crippen molar-refractivity contribution in [2.24, 2.45) is 0 Å². The predicted octanol–water partition coefficient (Wildman–Crippen LogP) is 2.66. The fourth-order valence-electron chi connectivity index (χ4n) is 1.76. The number of rotatable bonds is 6. The Labute approximate surface area is 132 Å². The molecule has 6 nitrogen and oxygen atoms in total. The molecule has 2 N–H and O–H groups in total. The van der Waals surface area contributed by atoms with Gasteiger partial charge in [0, 0.05) is 16.7 Å². The second-order valence-corrected chi connectivity index (χ2v) is 6.95. The van der Waals surface area contributed by atoms with E-state index in [1.165, 1.54) is 12.3 Å². The molecular weight excluding hydrogens is 358 g/mol. The average Bonchev–Trinajstić information content (AvgIpc) is 2.81. The van der Waals surface area contributed by atoms with E-state index in [4.69, 9.17) is 4.42 Å². The number of nitrogens with one attached hydrogen (secondary N) is 2. The molecule has 0 spiro atoms. The maximum atomic E-state index is 12.4. The molecule has 114 valence electrons. The van der Waals surface area contributed by atoms with Crippen molar-refractivity contribution in [2.45, 2.75) is 25.3 Å². The van der Waals surface area contributed by atoms with Gasteiger partial charge in [-0.2, -0.15) is 0 Å². The van der Waals surface area contributed by atoms with E-state index >= 15 is 0 Å². The molecule has 0 fully saturated rings. The summed E-state index contributed by atoms with van der Waals surface area (Å²) < 4.78 is 33.4. The zero-order chi connectivity index (χ0) is 15.5. The van der Waals surface area contributed by atoms with Crippen LogP contribution < -0.4 is 10.0 Å². The van der Waals surface area contributed by atoms with Crippen LogP contribution in [0.15, 0.2) is 38.2 Å². The molecule has 0 aromatic carbocycles. The Morgan fingerprint density at radius 2 is 2.14 bits per heavy atom. The van der Waals surface area contributed by atoms with Crippen LogP contribution in [0.5, 0.6) is 0 Å².